The molecule has 6 nitrogen and oxygen atoms in total. The van der Waals surface area contributed by atoms with Crippen LogP contribution in [0.25, 0.3) is 0 Å². The van der Waals surface area contributed by atoms with Crippen LogP contribution in [0.3, 0.4) is 0 Å². The molecule has 0 radical (unpaired) electrons. The zero-order valence-corrected chi connectivity index (χ0v) is 11.7. The van der Waals surface area contributed by atoms with Gasteiger partial charge in [-0.05, 0) is 19.8 Å². The third kappa shape index (κ3) is 3.96. The standard InChI is InChI=1S/C13H22N2O4/c1-4-13(5-2,9-16)8-14-12-15-10(7-19-12)11(17)18-6-3/h7,16H,4-6,8-9H2,1-3H3,(H,14,15). The Hall–Kier alpha value is -1.56. The van der Waals surface area contributed by atoms with Crippen LogP contribution in [0.1, 0.15) is 44.1 Å². The van der Waals surface area contributed by atoms with Gasteiger partial charge in [0.1, 0.15) is 6.26 Å². The van der Waals surface area contributed by atoms with Crippen LogP contribution in [-0.2, 0) is 4.74 Å². The third-order valence-electron chi connectivity index (χ3n) is 3.44. The lowest BCUT2D eigenvalue weighted by molar-refractivity contribution is 0.0519. The second-order valence-electron chi connectivity index (χ2n) is 4.48. The summed E-state index contributed by atoms with van der Waals surface area (Å²) in [6.07, 6.45) is 2.95. The number of esters is 1. The van der Waals surface area contributed by atoms with Crippen molar-refractivity contribution in [2.24, 2.45) is 5.41 Å². The Kier molecular flexibility index (Phi) is 5.82. The first-order valence-electron chi connectivity index (χ1n) is 6.58. The quantitative estimate of drug-likeness (QED) is 0.703. The summed E-state index contributed by atoms with van der Waals surface area (Å²) < 4.78 is 9.98. The maximum atomic E-state index is 11.4. The summed E-state index contributed by atoms with van der Waals surface area (Å²) in [4.78, 5) is 15.4. The molecular weight excluding hydrogens is 248 g/mol. The topological polar surface area (TPSA) is 84.6 Å². The molecule has 0 bridgehead atoms. The van der Waals surface area contributed by atoms with Gasteiger partial charge in [-0.2, -0.15) is 4.98 Å². The normalized spacial score (nSPS) is 11.4. The van der Waals surface area contributed by atoms with Crippen LogP contribution in [0, 0.1) is 5.41 Å². The second kappa shape index (κ2) is 7.13. The Morgan fingerprint density at radius 1 is 1.47 bits per heavy atom. The van der Waals surface area contributed by atoms with E-state index in [2.05, 4.69) is 10.3 Å². The van der Waals surface area contributed by atoms with Crippen molar-refractivity contribution in [2.75, 3.05) is 25.1 Å². The van der Waals surface area contributed by atoms with Crippen LogP contribution in [0.4, 0.5) is 6.01 Å². The Labute approximate surface area is 113 Å². The molecule has 0 aliphatic rings. The van der Waals surface area contributed by atoms with Gasteiger partial charge in [0.25, 0.3) is 6.01 Å². The van der Waals surface area contributed by atoms with Gasteiger partial charge in [0.2, 0.25) is 0 Å². The number of nitrogens with one attached hydrogen (secondary N) is 1. The van der Waals surface area contributed by atoms with Crippen LogP contribution < -0.4 is 5.32 Å². The van der Waals surface area contributed by atoms with Crippen LogP contribution in [0.5, 0.6) is 0 Å². The summed E-state index contributed by atoms with van der Waals surface area (Å²) in [6.45, 7) is 6.72. The Morgan fingerprint density at radius 2 is 2.16 bits per heavy atom. The lowest BCUT2D eigenvalue weighted by Crippen LogP contribution is -2.32. The lowest BCUT2D eigenvalue weighted by atomic mass is 9.83. The highest BCUT2D eigenvalue weighted by Gasteiger charge is 2.25. The number of rotatable bonds is 8. The van der Waals surface area contributed by atoms with E-state index >= 15 is 0 Å². The maximum Gasteiger partial charge on any atom is 0.360 e. The SMILES string of the molecule is CCOC(=O)c1coc(NCC(CC)(CC)CO)n1. The average molecular weight is 270 g/mol. The third-order valence-corrected chi connectivity index (χ3v) is 3.44. The van der Waals surface area contributed by atoms with Crippen LogP contribution in [0.15, 0.2) is 10.7 Å². The van der Waals surface area contributed by atoms with E-state index in [4.69, 9.17) is 9.15 Å². The van der Waals surface area contributed by atoms with Gasteiger partial charge in [-0.3, -0.25) is 0 Å². The van der Waals surface area contributed by atoms with Gasteiger partial charge < -0.3 is 19.6 Å². The van der Waals surface area contributed by atoms with E-state index in [9.17, 15) is 9.90 Å². The van der Waals surface area contributed by atoms with Gasteiger partial charge in [-0.15, -0.1) is 0 Å². The van der Waals surface area contributed by atoms with Crippen LogP contribution in [0.2, 0.25) is 0 Å². The number of nitrogens with zero attached hydrogens (tertiary/aromatic N) is 1. The number of hydrogen-bond acceptors (Lipinski definition) is 6. The fourth-order valence-electron chi connectivity index (χ4n) is 1.70. The zero-order chi connectivity index (χ0) is 14.3. The van der Waals surface area contributed by atoms with Crippen molar-refractivity contribution < 1.29 is 19.1 Å². The fourth-order valence-corrected chi connectivity index (χ4v) is 1.70. The smallest absolute Gasteiger partial charge is 0.360 e. The van der Waals surface area contributed by atoms with E-state index in [1.807, 2.05) is 13.8 Å². The molecular formula is C13H22N2O4. The molecule has 0 saturated heterocycles. The Morgan fingerprint density at radius 3 is 2.68 bits per heavy atom. The molecule has 1 aromatic heterocycles. The molecule has 0 fully saturated rings. The monoisotopic (exact) mass is 270 g/mol. The Bertz CT molecular complexity index is 391. The van der Waals surface area contributed by atoms with Crippen molar-refractivity contribution >= 4 is 12.0 Å². The first kappa shape index (κ1) is 15.5. The molecule has 0 aliphatic carbocycles. The summed E-state index contributed by atoms with van der Waals surface area (Å²) in [6, 6.07) is 0.266. The number of anilines is 1. The molecule has 6 heteroatoms. The van der Waals surface area contributed by atoms with Gasteiger partial charge in [-0.25, -0.2) is 4.79 Å². The molecule has 1 aromatic rings. The second-order valence-corrected chi connectivity index (χ2v) is 4.48. The van der Waals surface area contributed by atoms with Gasteiger partial charge >= 0.3 is 5.97 Å². The molecule has 19 heavy (non-hydrogen) atoms. The highest BCUT2D eigenvalue weighted by molar-refractivity contribution is 5.87. The molecule has 0 unspecified atom stereocenters. The van der Waals surface area contributed by atoms with Crippen LogP contribution in [-0.4, -0.2) is 35.8 Å². The minimum Gasteiger partial charge on any atom is -0.461 e. The van der Waals surface area contributed by atoms with E-state index in [0.717, 1.165) is 12.8 Å². The molecule has 0 spiro atoms. The van der Waals surface area contributed by atoms with Crippen molar-refractivity contribution in [3.63, 3.8) is 0 Å². The molecule has 0 amide bonds. The molecule has 0 atom stereocenters. The Balaban J connectivity index is 2.61. The first-order chi connectivity index (χ1) is 9.10. The van der Waals surface area contributed by atoms with Crippen molar-refractivity contribution in [1.82, 2.24) is 4.98 Å². The van der Waals surface area contributed by atoms with E-state index in [-0.39, 0.29) is 23.7 Å². The van der Waals surface area contributed by atoms with Crippen LogP contribution >= 0.6 is 0 Å². The number of carbonyl (C=O) groups excluding carboxylic acids is 1. The predicted molar refractivity (Wildman–Crippen MR) is 71.1 cm³/mol. The van der Waals surface area contributed by atoms with Crippen molar-refractivity contribution in [2.45, 2.75) is 33.6 Å². The van der Waals surface area contributed by atoms with E-state index in [1.165, 1.54) is 6.26 Å². The number of hydrogen-bond donors (Lipinski definition) is 2. The first-order valence-corrected chi connectivity index (χ1v) is 6.58. The number of ether oxygens (including phenoxy) is 1. The average Bonchev–Trinajstić information content (AvgIpc) is 2.90. The molecule has 1 rings (SSSR count). The molecule has 0 aliphatic heterocycles. The number of carbonyl (C=O) groups is 1. The highest BCUT2D eigenvalue weighted by atomic mass is 16.5. The maximum absolute atomic E-state index is 11.4. The lowest BCUT2D eigenvalue weighted by Gasteiger charge is -2.29. The number of aliphatic hydroxyl groups excluding tert-OH is 1. The van der Waals surface area contributed by atoms with Gasteiger partial charge in [0, 0.05) is 12.0 Å². The largest absolute Gasteiger partial charge is 0.461 e. The minimum absolute atomic E-state index is 0.0957. The highest BCUT2D eigenvalue weighted by Crippen LogP contribution is 2.26. The van der Waals surface area contributed by atoms with E-state index in [0.29, 0.717) is 13.2 Å². The number of aliphatic hydroxyl groups is 1. The molecule has 2 N–H and O–H groups in total. The van der Waals surface area contributed by atoms with Crippen molar-refractivity contribution in [3.05, 3.63) is 12.0 Å². The zero-order valence-electron chi connectivity index (χ0n) is 11.7. The van der Waals surface area contributed by atoms with Crippen molar-refractivity contribution in [1.29, 1.82) is 0 Å². The molecule has 1 heterocycles. The fraction of sp³-hybridized carbons (Fsp3) is 0.692. The van der Waals surface area contributed by atoms with Gasteiger partial charge in [-0.1, -0.05) is 13.8 Å². The van der Waals surface area contributed by atoms with Gasteiger partial charge in [0.15, 0.2) is 5.69 Å². The minimum atomic E-state index is -0.501. The summed E-state index contributed by atoms with van der Waals surface area (Å²) in [7, 11) is 0. The molecule has 0 aromatic carbocycles. The number of aromatic nitrogens is 1. The number of oxazole rings is 1. The molecule has 108 valence electrons. The summed E-state index contributed by atoms with van der Waals surface area (Å²) in [5, 5.41) is 12.5. The summed E-state index contributed by atoms with van der Waals surface area (Å²) in [5.74, 6) is -0.501. The van der Waals surface area contributed by atoms with Crippen molar-refractivity contribution in [3.8, 4) is 0 Å². The predicted octanol–water partition coefficient (Wildman–Crippen LogP) is 2.06. The van der Waals surface area contributed by atoms with E-state index in [1.54, 1.807) is 6.92 Å². The molecule has 0 saturated carbocycles. The summed E-state index contributed by atoms with van der Waals surface area (Å²) >= 11 is 0. The summed E-state index contributed by atoms with van der Waals surface area (Å²) in [5.41, 5.74) is -0.0506. The van der Waals surface area contributed by atoms with E-state index < -0.39 is 5.97 Å². The van der Waals surface area contributed by atoms with Gasteiger partial charge in [0.05, 0.1) is 13.2 Å².